The Morgan fingerprint density at radius 1 is 0.333 bits per heavy atom. The van der Waals surface area contributed by atoms with Crippen LogP contribution in [0, 0.1) is 0 Å². The molecule has 0 aromatic heterocycles. The SMILES string of the molecule is C1CCCNCCCNCCNCCC1. The zero-order valence-corrected chi connectivity index (χ0v) is 9.99. The first-order valence-corrected chi connectivity index (χ1v) is 6.62. The first-order valence-electron chi connectivity index (χ1n) is 6.62. The average molecular weight is 213 g/mol. The summed E-state index contributed by atoms with van der Waals surface area (Å²) in [5, 5.41) is 10.4. The van der Waals surface area contributed by atoms with Gasteiger partial charge in [0, 0.05) is 13.1 Å². The van der Waals surface area contributed by atoms with Crippen LogP contribution in [-0.2, 0) is 0 Å². The Labute approximate surface area is 94.4 Å². The lowest BCUT2D eigenvalue weighted by molar-refractivity contribution is 0.562. The van der Waals surface area contributed by atoms with E-state index in [1.807, 2.05) is 0 Å². The highest BCUT2D eigenvalue weighted by Crippen LogP contribution is 2.01. The molecule has 3 heteroatoms. The van der Waals surface area contributed by atoms with E-state index in [2.05, 4.69) is 16.0 Å². The highest BCUT2D eigenvalue weighted by atomic mass is 14.9. The van der Waals surface area contributed by atoms with Crippen LogP contribution in [0.5, 0.6) is 0 Å². The molecule has 0 unspecified atom stereocenters. The third-order valence-electron chi connectivity index (χ3n) is 2.89. The molecule has 0 aromatic rings. The maximum absolute atomic E-state index is 3.50. The van der Waals surface area contributed by atoms with Crippen molar-refractivity contribution in [2.75, 3.05) is 39.3 Å². The van der Waals surface area contributed by atoms with E-state index in [0.29, 0.717) is 0 Å². The van der Waals surface area contributed by atoms with Gasteiger partial charge >= 0.3 is 0 Å². The van der Waals surface area contributed by atoms with Crippen LogP contribution >= 0.6 is 0 Å². The van der Waals surface area contributed by atoms with Gasteiger partial charge in [-0.25, -0.2) is 0 Å². The first-order chi connectivity index (χ1) is 7.50. The Morgan fingerprint density at radius 2 is 0.733 bits per heavy atom. The van der Waals surface area contributed by atoms with Gasteiger partial charge in [0.25, 0.3) is 0 Å². The average Bonchev–Trinajstić information content (AvgIpc) is 2.27. The molecule has 0 bridgehead atoms. The minimum atomic E-state index is 1.11. The molecule has 0 atom stereocenters. The van der Waals surface area contributed by atoms with Crippen LogP contribution in [0.3, 0.4) is 0 Å². The fraction of sp³-hybridized carbons (Fsp3) is 1.00. The van der Waals surface area contributed by atoms with Gasteiger partial charge in [-0.1, -0.05) is 19.3 Å². The minimum absolute atomic E-state index is 1.11. The Morgan fingerprint density at radius 3 is 1.33 bits per heavy atom. The van der Waals surface area contributed by atoms with Crippen molar-refractivity contribution in [3.05, 3.63) is 0 Å². The van der Waals surface area contributed by atoms with E-state index in [0.717, 1.165) is 19.6 Å². The number of hydrogen-bond acceptors (Lipinski definition) is 3. The smallest absolute Gasteiger partial charge is 0.00767 e. The van der Waals surface area contributed by atoms with Crippen molar-refractivity contribution in [1.82, 2.24) is 16.0 Å². The first kappa shape index (κ1) is 12.9. The fourth-order valence-corrected chi connectivity index (χ4v) is 1.92. The van der Waals surface area contributed by atoms with Gasteiger partial charge in [-0.2, -0.15) is 0 Å². The zero-order valence-electron chi connectivity index (χ0n) is 9.99. The Bertz CT molecular complexity index is 69.4. The monoisotopic (exact) mass is 213 g/mol. The molecule has 1 heterocycles. The maximum Gasteiger partial charge on any atom is 0.00767 e. The second-order valence-electron chi connectivity index (χ2n) is 4.37. The molecular formula is C12H27N3. The quantitative estimate of drug-likeness (QED) is 0.564. The summed E-state index contributed by atoms with van der Waals surface area (Å²) in [7, 11) is 0. The molecular weight excluding hydrogens is 186 g/mol. The topological polar surface area (TPSA) is 36.1 Å². The molecule has 0 radical (unpaired) electrons. The highest BCUT2D eigenvalue weighted by Gasteiger charge is 1.94. The molecule has 1 fully saturated rings. The zero-order chi connectivity index (χ0) is 10.6. The largest absolute Gasteiger partial charge is 0.317 e. The maximum atomic E-state index is 3.50. The summed E-state index contributed by atoms with van der Waals surface area (Å²) in [5.41, 5.74) is 0. The molecule has 1 rings (SSSR count). The van der Waals surface area contributed by atoms with Gasteiger partial charge in [0.2, 0.25) is 0 Å². The lowest BCUT2D eigenvalue weighted by Crippen LogP contribution is -2.29. The van der Waals surface area contributed by atoms with Gasteiger partial charge in [0.15, 0.2) is 0 Å². The molecule has 1 saturated heterocycles. The second-order valence-corrected chi connectivity index (χ2v) is 4.37. The van der Waals surface area contributed by atoms with E-state index < -0.39 is 0 Å². The van der Waals surface area contributed by atoms with Crippen molar-refractivity contribution in [1.29, 1.82) is 0 Å². The summed E-state index contributed by atoms with van der Waals surface area (Å²) in [5.74, 6) is 0. The summed E-state index contributed by atoms with van der Waals surface area (Å²) >= 11 is 0. The second kappa shape index (κ2) is 10.4. The van der Waals surface area contributed by atoms with E-state index in [1.54, 1.807) is 0 Å². The highest BCUT2D eigenvalue weighted by molar-refractivity contribution is 4.56. The molecule has 0 saturated carbocycles. The van der Waals surface area contributed by atoms with Crippen LogP contribution in [-0.4, -0.2) is 39.3 Å². The van der Waals surface area contributed by atoms with E-state index >= 15 is 0 Å². The van der Waals surface area contributed by atoms with Crippen LogP contribution in [0.2, 0.25) is 0 Å². The Hall–Kier alpha value is -0.120. The minimum Gasteiger partial charge on any atom is -0.317 e. The van der Waals surface area contributed by atoms with Gasteiger partial charge in [-0.15, -0.1) is 0 Å². The summed E-state index contributed by atoms with van der Waals surface area (Å²) in [6.07, 6.45) is 8.13. The van der Waals surface area contributed by atoms with Crippen LogP contribution in [0.1, 0.15) is 38.5 Å². The van der Waals surface area contributed by atoms with Crippen molar-refractivity contribution in [3.8, 4) is 0 Å². The third-order valence-corrected chi connectivity index (χ3v) is 2.89. The molecule has 3 nitrogen and oxygen atoms in total. The van der Waals surface area contributed by atoms with Gasteiger partial charge in [-0.05, 0) is 45.4 Å². The van der Waals surface area contributed by atoms with Crippen LogP contribution in [0.4, 0.5) is 0 Å². The molecule has 3 N–H and O–H groups in total. The van der Waals surface area contributed by atoms with Crippen molar-refractivity contribution in [3.63, 3.8) is 0 Å². The molecule has 15 heavy (non-hydrogen) atoms. The van der Waals surface area contributed by atoms with E-state index in [4.69, 9.17) is 0 Å². The summed E-state index contributed by atoms with van der Waals surface area (Å²) in [4.78, 5) is 0. The molecule has 90 valence electrons. The molecule has 0 amide bonds. The van der Waals surface area contributed by atoms with Crippen LogP contribution in [0.15, 0.2) is 0 Å². The van der Waals surface area contributed by atoms with Crippen molar-refractivity contribution < 1.29 is 0 Å². The fourth-order valence-electron chi connectivity index (χ4n) is 1.92. The summed E-state index contributed by atoms with van der Waals surface area (Å²) in [6.45, 7) is 6.95. The molecule has 0 spiro atoms. The number of rotatable bonds is 0. The van der Waals surface area contributed by atoms with E-state index in [1.165, 1.54) is 58.2 Å². The lowest BCUT2D eigenvalue weighted by atomic mass is 10.1. The normalized spacial score (nSPS) is 24.0. The van der Waals surface area contributed by atoms with Crippen molar-refractivity contribution in [2.24, 2.45) is 0 Å². The van der Waals surface area contributed by atoms with Gasteiger partial charge in [-0.3, -0.25) is 0 Å². The van der Waals surface area contributed by atoms with Crippen molar-refractivity contribution in [2.45, 2.75) is 38.5 Å². The third kappa shape index (κ3) is 8.85. The molecule has 1 aliphatic rings. The molecule has 1 aliphatic heterocycles. The van der Waals surface area contributed by atoms with Crippen LogP contribution in [0.25, 0.3) is 0 Å². The number of hydrogen-bond donors (Lipinski definition) is 3. The number of nitrogens with one attached hydrogen (secondary N) is 3. The van der Waals surface area contributed by atoms with E-state index in [9.17, 15) is 0 Å². The van der Waals surface area contributed by atoms with Crippen LogP contribution < -0.4 is 16.0 Å². The summed E-state index contributed by atoms with van der Waals surface area (Å²) in [6, 6.07) is 0. The predicted octanol–water partition coefficient (Wildman–Crippen LogP) is 1.11. The standard InChI is InChI=1S/C12H27N3/c1-2-4-7-13-9-6-10-15-12-11-14-8-5-3-1/h13-15H,1-12H2. The Kier molecular flexibility index (Phi) is 8.98. The molecule has 0 aliphatic carbocycles. The lowest BCUT2D eigenvalue weighted by Gasteiger charge is -2.06. The summed E-state index contributed by atoms with van der Waals surface area (Å²) < 4.78 is 0. The van der Waals surface area contributed by atoms with E-state index in [-0.39, 0.29) is 0 Å². The van der Waals surface area contributed by atoms with Gasteiger partial charge < -0.3 is 16.0 Å². The van der Waals surface area contributed by atoms with Gasteiger partial charge in [0.05, 0.1) is 0 Å². The predicted molar refractivity (Wildman–Crippen MR) is 66.3 cm³/mol. The Balaban J connectivity index is 2.01. The van der Waals surface area contributed by atoms with Crippen molar-refractivity contribution >= 4 is 0 Å². The van der Waals surface area contributed by atoms with Gasteiger partial charge in [0.1, 0.15) is 0 Å². The molecule has 0 aromatic carbocycles.